The molecule has 0 spiro atoms. The van der Waals surface area contributed by atoms with Crippen molar-refractivity contribution in [3.63, 3.8) is 0 Å². The highest BCUT2D eigenvalue weighted by molar-refractivity contribution is 6.30. The van der Waals surface area contributed by atoms with E-state index in [0.717, 1.165) is 11.3 Å². The highest BCUT2D eigenvalue weighted by Gasteiger charge is 2.21. The number of amides is 1. The van der Waals surface area contributed by atoms with Gasteiger partial charge in [-0.15, -0.1) is 0 Å². The Labute approximate surface area is 196 Å². The van der Waals surface area contributed by atoms with Gasteiger partial charge in [0, 0.05) is 34.6 Å². The smallest absolute Gasteiger partial charge is 0.259 e. The fraction of sp³-hybridized carbons (Fsp3) is 0.120. The lowest BCUT2D eigenvalue weighted by Crippen LogP contribution is -2.12. The summed E-state index contributed by atoms with van der Waals surface area (Å²) >= 11 is 6.05. The lowest BCUT2D eigenvalue weighted by atomic mass is 10.1. The lowest BCUT2D eigenvalue weighted by Gasteiger charge is -2.14. The Morgan fingerprint density at radius 3 is 2.12 bits per heavy atom. The molecule has 1 amide bonds. The number of methoxy groups -OCH3 is 3. The predicted octanol–water partition coefficient (Wildman–Crippen LogP) is 5.47. The summed E-state index contributed by atoms with van der Waals surface area (Å²) in [4.78, 5) is 13.4. The molecule has 4 aromatic rings. The Bertz CT molecular complexity index is 1250. The quantitative estimate of drug-likeness (QED) is 0.393. The highest BCUT2D eigenvalue weighted by Crippen LogP contribution is 2.40. The Morgan fingerprint density at radius 1 is 0.909 bits per heavy atom. The van der Waals surface area contributed by atoms with E-state index in [1.54, 1.807) is 35.1 Å². The van der Waals surface area contributed by atoms with Crippen molar-refractivity contribution in [1.82, 2.24) is 9.78 Å². The Morgan fingerprint density at radius 2 is 1.55 bits per heavy atom. The van der Waals surface area contributed by atoms with E-state index in [0.29, 0.717) is 39.2 Å². The third-order valence-electron chi connectivity index (χ3n) is 5.02. The van der Waals surface area contributed by atoms with Crippen molar-refractivity contribution in [3.05, 3.63) is 83.5 Å². The fourth-order valence-corrected chi connectivity index (χ4v) is 3.55. The van der Waals surface area contributed by atoms with Crippen molar-refractivity contribution in [2.24, 2.45) is 0 Å². The molecular weight excluding hydrogens is 442 g/mol. The molecule has 0 fully saturated rings. The van der Waals surface area contributed by atoms with Crippen LogP contribution in [0.1, 0.15) is 10.4 Å². The number of benzene rings is 3. The first kappa shape index (κ1) is 22.2. The molecule has 0 atom stereocenters. The van der Waals surface area contributed by atoms with Crippen LogP contribution in [0.25, 0.3) is 16.9 Å². The summed E-state index contributed by atoms with van der Waals surface area (Å²) in [5.41, 5.74) is 3.02. The molecule has 0 unspecified atom stereocenters. The summed E-state index contributed by atoms with van der Waals surface area (Å²) < 4.78 is 17.8. The number of rotatable bonds is 7. The Balaban J connectivity index is 1.75. The van der Waals surface area contributed by atoms with Crippen LogP contribution in [0, 0.1) is 0 Å². The van der Waals surface area contributed by atoms with Crippen LogP contribution in [0.15, 0.2) is 72.9 Å². The van der Waals surface area contributed by atoms with Gasteiger partial charge in [0.1, 0.15) is 5.69 Å². The minimum absolute atomic E-state index is 0.337. The van der Waals surface area contributed by atoms with E-state index in [1.165, 1.54) is 21.3 Å². The minimum Gasteiger partial charge on any atom is -0.493 e. The van der Waals surface area contributed by atoms with Gasteiger partial charge in [-0.25, -0.2) is 4.68 Å². The summed E-state index contributed by atoms with van der Waals surface area (Å²) in [6, 6.07) is 20.1. The van der Waals surface area contributed by atoms with Crippen molar-refractivity contribution in [2.75, 3.05) is 26.6 Å². The molecule has 4 rings (SSSR count). The van der Waals surface area contributed by atoms with Crippen LogP contribution in [0.5, 0.6) is 17.2 Å². The molecule has 33 heavy (non-hydrogen) atoms. The van der Waals surface area contributed by atoms with Gasteiger partial charge in [0.05, 0.1) is 32.6 Å². The van der Waals surface area contributed by atoms with Gasteiger partial charge in [-0.3, -0.25) is 4.79 Å². The number of anilines is 1. The van der Waals surface area contributed by atoms with Gasteiger partial charge in [-0.2, -0.15) is 5.10 Å². The summed E-state index contributed by atoms with van der Waals surface area (Å²) in [6.45, 7) is 0. The van der Waals surface area contributed by atoms with E-state index in [9.17, 15) is 4.79 Å². The molecule has 0 saturated heterocycles. The summed E-state index contributed by atoms with van der Waals surface area (Å²) in [5, 5.41) is 8.19. The van der Waals surface area contributed by atoms with E-state index >= 15 is 0 Å². The molecule has 0 aliphatic rings. The molecule has 0 aliphatic carbocycles. The number of hydrogen-bond donors (Lipinski definition) is 1. The minimum atomic E-state index is -0.337. The average Bonchev–Trinajstić information content (AvgIpc) is 3.30. The number of nitrogens with one attached hydrogen (secondary N) is 1. The largest absolute Gasteiger partial charge is 0.493 e. The third kappa shape index (κ3) is 4.63. The molecular formula is C25H22ClN3O4. The average molecular weight is 464 g/mol. The zero-order valence-corrected chi connectivity index (χ0v) is 19.1. The SMILES string of the molecule is COc1cc(NC(=O)c2cn(-c3ccccc3)nc2-c2ccc(Cl)cc2)cc(OC)c1OC. The molecule has 1 N–H and O–H groups in total. The number of ether oxygens (including phenoxy) is 3. The summed E-state index contributed by atoms with van der Waals surface area (Å²) in [5.74, 6) is 0.975. The number of halogens is 1. The number of nitrogens with zero attached hydrogens (tertiary/aromatic N) is 2. The zero-order chi connectivity index (χ0) is 23.4. The molecule has 1 heterocycles. The maximum Gasteiger partial charge on any atom is 0.259 e. The molecule has 3 aromatic carbocycles. The monoisotopic (exact) mass is 463 g/mol. The molecule has 0 bridgehead atoms. The fourth-order valence-electron chi connectivity index (χ4n) is 3.43. The second kappa shape index (κ2) is 9.67. The summed E-state index contributed by atoms with van der Waals surface area (Å²) in [6.07, 6.45) is 1.70. The van der Waals surface area contributed by atoms with Gasteiger partial charge in [-0.1, -0.05) is 41.9 Å². The van der Waals surface area contributed by atoms with Gasteiger partial charge in [0.15, 0.2) is 11.5 Å². The number of para-hydroxylation sites is 1. The van der Waals surface area contributed by atoms with E-state index in [-0.39, 0.29) is 5.91 Å². The Hall–Kier alpha value is -3.97. The maximum absolute atomic E-state index is 13.4. The van der Waals surface area contributed by atoms with E-state index in [4.69, 9.17) is 25.8 Å². The van der Waals surface area contributed by atoms with Crippen LogP contribution >= 0.6 is 11.6 Å². The van der Waals surface area contributed by atoms with Crippen molar-refractivity contribution >= 4 is 23.2 Å². The highest BCUT2D eigenvalue weighted by atomic mass is 35.5. The van der Waals surface area contributed by atoms with E-state index < -0.39 is 0 Å². The topological polar surface area (TPSA) is 74.6 Å². The number of hydrogen-bond acceptors (Lipinski definition) is 5. The predicted molar refractivity (Wildman–Crippen MR) is 128 cm³/mol. The first-order valence-corrected chi connectivity index (χ1v) is 10.4. The van der Waals surface area contributed by atoms with Gasteiger partial charge < -0.3 is 19.5 Å². The number of carbonyl (C=O) groups is 1. The van der Waals surface area contributed by atoms with Crippen molar-refractivity contribution in [1.29, 1.82) is 0 Å². The van der Waals surface area contributed by atoms with E-state index in [1.807, 2.05) is 42.5 Å². The molecule has 1 aromatic heterocycles. The van der Waals surface area contributed by atoms with Crippen LogP contribution in [-0.4, -0.2) is 37.0 Å². The van der Waals surface area contributed by atoms with Gasteiger partial charge in [0.2, 0.25) is 5.75 Å². The normalized spacial score (nSPS) is 10.5. The molecule has 0 aliphatic heterocycles. The van der Waals surface area contributed by atoms with Gasteiger partial charge >= 0.3 is 0 Å². The third-order valence-corrected chi connectivity index (χ3v) is 5.27. The van der Waals surface area contributed by atoms with Crippen LogP contribution in [-0.2, 0) is 0 Å². The van der Waals surface area contributed by atoms with Crippen molar-refractivity contribution in [3.8, 4) is 34.2 Å². The second-order valence-electron chi connectivity index (χ2n) is 7.05. The van der Waals surface area contributed by atoms with Crippen molar-refractivity contribution < 1.29 is 19.0 Å². The van der Waals surface area contributed by atoms with Gasteiger partial charge in [-0.05, 0) is 24.3 Å². The molecule has 0 radical (unpaired) electrons. The second-order valence-corrected chi connectivity index (χ2v) is 7.48. The van der Waals surface area contributed by atoms with Crippen molar-refractivity contribution in [2.45, 2.75) is 0 Å². The van der Waals surface area contributed by atoms with E-state index in [2.05, 4.69) is 10.4 Å². The van der Waals surface area contributed by atoms with Crippen LogP contribution in [0.4, 0.5) is 5.69 Å². The molecule has 8 heteroatoms. The number of carbonyl (C=O) groups excluding carboxylic acids is 1. The molecule has 7 nitrogen and oxygen atoms in total. The zero-order valence-electron chi connectivity index (χ0n) is 18.3. The first-order valence-electron chi connectivity index (χ1n) is 10.1. The molecule has 168 valence electrons. The molecule has 0 saturated carbocycles. The standard InChI is InChI=1S/C25H22ClN3O4/c1-31-21-13-18(14-22(32-2)24(21)33-3)27-25(30)20-15-29(19-7-5-4-6-8-19)28-23(20)16-9-11-17(26)12-10-16/h4-15H,1-3H3,(H,27,30). The summed E-state index contributed by atoms with van der Waals surface area (Å²) in [7, 11) is 4.56. The van der Waals surface area contributed by atoms with Crippen LogP contribution < -0.4 is 19.5 Å². The van der Waals surface area contributed by atoms with Gasteiger partial charge in [0.25, 0.3) is 5.91 Å². The van der Waals surface area contributed by atoms with Crippen LogP contribution in [0.2, 0.25) is 5.02 Å². The number of aromatic nitrogens is 2. The maximum atomic E-state index is 13.4. The first-order chi connectivity index (χ1) is 16.0. The lowest BCUT2D eigenvalue weighted by molar-refractivity contribution is 0.102. The Kier molecular flexibility index (Phi) is 6.51. The van der Waals surface area contributed by atoms with Crippen LogP contribution in [0.3, 0.4) is 0 Å².